The van der Waals surface area contributed by atoms with Gasteiger partial charge >= 0.3 is 0 Å². The van der Waals surface area contributed by atoms with E-state index in [4.69, 9.17) is 0 Å². The quantitative estimate of drug-likeness (QED) is 0.586. The van der Waals surface area contributed by atoms with Gasteiger partial charge in [0.25, 0.3) is 5.92 Å². The standard InChI is InChI=1S/C7H13F3/c1-5(2)4-7(9,10)6(3)8/h5-6H,4H2,1-3H3. The summed E-state index contributed by atoms with van der Waals surface area (Å²) in [5.74, 6) is -3.30. The van der Waals surface area contributed by atoms with E-state index in [9.17, 15) is 13.2 Å². The van der Waals surface area contributed by atoms with Crippen molar-refractivity contribution in [2.75, 3.05) is 0 Å². The smallest absolute Gasteiger partial charge is 0.241 e. The molecule has 10 heavy (non-hydrogen) atoms. The molecule has 1 atom stereocenters. The van der Waals surface area contributed by atoms with Gasteiger partial charge < -0.3 is 0 Å². The van der Waals surface area contributed by atoms with Gasteiger partial charge in [0, 0.05) is 6.42 Å². The van der Waals surface area contributed by atoms with Gasteiger partial charge in [0.2, 0.25) is 0 Å². The minimum absolute atomic E-state index is 0.159. The molecule has 0 aliphatic carbocycles. The van der Waals surface area contributed by atoms with E-state index >= 15 is 0 Å². The zero-order chi connectivity index (χ0) is 8.36. The number of alkyl halides is 3. The van der Waals surface area contributed by atoms with Crippen LogP contribution in [0, 0.1) is 5.92 Å². The molecule has 0 amide bonds. The second-order valence-corrected chi connectivity index (χ2v) is 2.98. The van der Waals surface area contributed by atoms with Crippen LogP contribution in [0.1, 0.15) is 27.2 Å². The molecular formula is C7H13F3. The minimum Gasteiger partial charge on any atom is -0.241 e. The van der Waals surface area contributed by atoms with E-state index in [-0.39, 0.29) is 12.3 Å². The summed E-state index contributed by atoms with van der Waals surface area (Å²) in [6.07, 6.45) is -2.40. The van der Waals surface area contributed by atoms with Crippen molar-refractivity contribution in [3.8, 4) is 0 Å². The van der Waals surface area contributed by atoms with Gasteiger partial charge in [-0.15, -0.1) is 0 Å². The van der Waals surface area contributed by atoms with Crippen LogP contribution in [-0.2, 0) is 0 Å². The van der Waals surface area contributed by atoms with Gasteiger partial charge in [0.05, 0.1) is 0 Å². The van der Waals surface area contributed by atoms with Gasteiger partial charge in [-0.25, -0.2) is 13.2 Å². The van der Waals surface area contributed by atoms with Gasteiger partial charge in [-0.2, -0.15) is 0 Å². The summed E-state index contributed by atoms with van der Waals surface area (Å²) in [4.78, 5) is 0. The first-order valence-corrected chi connectivity index (χ1v) is 3.38. The Balaban J connectivity index is 3.87. The largest absolute Gasteiger partial charge is 0.278 e. The van der Waals surface area contributed by atoms with E-state index in [1.807, 2.05) is 0 Å². The second-order valence-electron chi connectivity index (χ2n) is 2.98. The van der Waals surface area contributed by atoms with Crippen molar-refractivity contribution in [3.63, 3.8) is 0 Å². The van der Waals surface area contributed by atoms with Gasteiger partial charge in [0.1, 0.15) is 0 Å². The second kappa shape index (κ2) is 3.26. The van der Waals surface area contributed by atoms with Crippen LogP contribution < -0.4 is 0 Å². The minimum atomic E-state index is -3.14. The fourth-order valence-electron chi connectivity index (χ4n) is 0.707. The Morgan fingerprint density at radius 1 is 1.20 bits per heavy atom. The highest BCUT2D eigenvalue weighted by atomic mass is 19.3. The number of halogens is 3. The summed E-state index contributed by atoms with van der Waals surface area (Å²) in [7, 11) is 0. The van der Waals surface area contributed by atoms with Gasteiger partial charge in [-0.1, -0.05) is 13.8 Å². The van der Waals surface area contributed by atoms with E-state index in [1.54, 1.807) is 13.8 Å². The zero-order valence-electron chi connectivity index (χ0n) is 6.50. The molecule has 0 fully saturated rings. The maximum atomic E-state index is 12.4. The topological polar surface area (TPSA) is 0 Å². The van der Waals surface area contributed by atoms with Crippen LogP contribution in [0.5, 0.6) is 0 Å². The van der Waals surface area contributed by atoms with Crippen molar-refractivity contribution in [3.05, 3.63) is 0 Å². The van der Waals surface area contributed by atoms with E-state index in [0.717, 1.165) is 6.92 Å². The molecule has 0 aliphatic heterocycles. The lowest BCUT2D eigenvalue weighted by Gasteiger charge is -2.19. The molecule has 0 rings (SSSR count). The third-order valence-electron chi connectivity index (χ3n) is 1.26. The van der Waals surface area contributed by atoms with Crippen molar-refractivity contribution in [1.29, 1.82) is 0 Å². The number of hydrogen-bond donors (Lipinski definition) is 0. The van der Waals surface area contributed by atoms with Crippen LogP contribution >= 0.6 is 0 Å². The highest BCUT2D eigenvalue weighted by Crippen LogP contribution is 2.28. The molecule has 0 spiro atoms. The maximum Gasteiger partial charge on any atom is 0.278 e. The van der Waals surface area contributed by atoms with Gasteiger partial charge in [0.15, 0.2) is 6.17 Å². The molecule has 0 saturated heterocycles. The number of rotatable bonds is 3. The lowest BCUT2D eigenvalue weighted by atomic mass is 10.0. The molecule has 0 N–H and O–H groups in total. The molecular weight excluding hydrogens is 141 g/mol. The monoisotopic (exact) mass is 154 g/mol. The Morgan fingerprint density at radius 3 is 1.70 bits per heavy atom. The summed E-state index contributed by atoms with van der Waals surface area (Å²) in [5.41, 5.74) is 0. The molecule has 3 heteroatoms. The summed E-state index contributed by atoms with van der Waals surface area (Å²) in [6.45, 7) is 4.19. The fraction of sp³-hybridized carbons (Fsp3) is 1.00. The Labute approximate surface area is 59.4 Å². The summed E-state index contributed by atoms with van der Waals surface area (Å²) < 4.78 is 36.9. The maximum absolute atomic E-state index is 12.4. The molecule has 0 aromatic carbocycles. The lowest BCUT2D eigenvalue weighted by Crippen LogP contribution is -2.28. The third-order valence-corrected chi connectivity index (χ3v) is 1.26. The molecule has 0 radical (unpaired) electrons. The van der Waals surface area contributed by atoms with Crippen LogP contribution in [0.2, 0.25) is 0 Å². The first kappa shape index (κ1) is 9.79. The third kappa shape index (κ3) is 3.08. The van der Waals surface area contributed by atoms with Gasteiger partial charge in [-0.05, 0) is 12.8 Å². The molecule has 0 bridgehead atoms. The first-order chi connectivity index (χ1) is 4.36. The predicted octanol–water partition coefficient (Wildman–Crippen LogP) is 3.03. The van der Waals surface area contributed by atoms with Gasteiger partial charge in [-0.3, -0.25) is 0 Å². The molecule has 0 aliphatic rings. The fourth-order valence-corrected chi connectivity index (χ4v) is 0.707. The first-order valence-electron chi connectivity index (χ1n) is 3.38. The molecule has 0 aromatic rings. The molecule has 0 nitrogen and oxygen atoms in total. The van der Waals surface area contributed by atoms with Crippen LogP contribution in [0.4, 0.5) is 13.2 Å². The van der Waals surface area contributed by atoms with Crippen LogP contribution in [0.15, 0.2) is 0 Å². The van der Waals surface area contributed by atoms with Crippen LogP contribution in [-0.4, -0.2) is 12.1 Å². The van der Waals surface area contributed by atoms with E-state index in [0.29, 0.717) is 0 Å². The van der Waals surface area contributed by atoms with Crippen molar-refractivity contribution in [2.24, 2.45) is 5.92 Å². The average molecular weight is 154 g/mol. The normalized spacial score (nSPS) is 15.9. The Morgan fingerprint density at radius 2 is 1.60 bits per heavy atom. The highest BCUT2D eigenvalue weighted by molar-refractivity contribution is 4.73. The van der Waals surface area contributed by atoms with Crippen LogP contribution in [0.25, 0.3) is 0 Å². The Bertz CT molecular complexity index is 97.0. The van der Waals surface area contributed by atoms with Crippen LogP contribution in [0.3, 0.4) is 0 Å². The molecule has 1 unspecified atom stereocenters. The SMILES string of the molecule is CC(C)CC(F)(F)C(C)F. The molecule has 0 aromatic heterocycles. The highest BCUT2D eigenvalue weighted by Gasteiger charge is 2.36. The molecule has 0 heterocycles. The summed E-state index contributed by atoms with van der Waals surface area (Å²) >= 11 is 0. The average Bonchev–Trinajstić information content (AvgIpc) is 1.60. The molecule has 0 saturated carbocycles. The van der Waals surface area contributed by atoms with Crippen molar-refractivity contribution >= 4 is 0 Å². The van der Waals surface area contributed by atoms with E-state index in [1.165, 1.54) is 0 Å². The zero-order valence-corrected chi connectivity index (χ0v) is 6.50. The lowest BCUT2D eigenvalue weighted by molar-refractivity contribution is -0.0795. The van der Waals surface area contributed by atoms with E-state index < -0.39 is 12.1 Å². The Hall–Kier alpha value is -0.210. The summed E-state index contributed by atoms with van der Waals surface area (Å²) in [5, 5.41) is 0. The Kier molecular flexibility index (Phi) is 3.19. The van der Waals surface area contributed by atoms with Crippen molar-refractivity contribution in [1.82, 2.24) is 0 Å². The number of hydrogen-bond acceptors (Lipinski definition) is 0. The summed E-state index contributed by atoms with van der Waals surface area (Å²) in [6, 6.07) is 0. The van der Waals surface area contributed by atoms with Crippen molar-refractivity contribution in [2.45, 2.75) is 39.3 Å². The molecule has 62 valence electrons. The van der Waals surface area contributed by atoms with Crippen molar-refractivity contribution < 1.29 is 13.2 Å². The predicted molar refractivity (Wildman–Crippen MR) is 35.0 cm³/mol. The van der Waals surface area contributed by atoms with E-state index in [2.05, 4.69) is 0 Å².